The molecule has 1 heterocycles. The summed E-state index contributed by atoms with van der Waals surface area (Å²) in [6.07, 6.45) is 4.72. The van der Waals surface area contributed by atoms with Crippen molar-refractivity contribution >= 4 is 5.97 Å². The van der Waals surface area contributed by atoms with Crippen LogP contribution in [0.2, 0.25) is 0 Å². The predicted octanol–water partition coefficient (Wildman–Crippen LogP) is 1.28. The van der Waals surface area contributed by atoms with Gasteiger partial charge >= 0.3 is 5.97 Å². The maximum atomic E-state index is 10.4. The molecule has 1 aliphatic heterocycles. The lowest BCUT2D eigenvalue weighted by atomic mass is 10.2. The molecule has 1 N–H and O–H groups in total. The van der Waals surface area contributed by atoms with E-state index >= 15 is 0 Å². The SMILES string of the molecule is CN(C)CCOC1CCN(CCCCCC(=O)O)C1. The van der Waals surface area contributed by atoms with Gasteiger partial charge in [0.15, 0.2) is 0 Å². The first-order valence-corrected chi connectivity index (χ1v) is 7.28. The number of unbranched alkanes of at least 4 members (excludes halogenated alkanes) is 2. The van der Waals surface area contributed by atoms with E-state index in [2.05, 4.69) is 23.9 Å². The van der Waals surface area contributed by atoms with Gasteiger partial charge in [-0.15, -0.1) is 0 Å². The zero-order chi connectivity index (χ0) is 14.1. The molecule has 1 atom stereocenters. The van der Waals surface area contributed by atoms with Gasteiger partial charge in [0.1, 0.15) is 0 Å². The van der Waals surface area contributed by atoms with Crippen molar-refractivity contribution in [3.05, 3.63) is 0 Å². The van der Waals surface area contributed by atoms with Gasteiger partial charge in [-0.1, -0.05) is 6.42 Å². The maximum Gasteiger partial charge on any atom is 0.303 e. The van der Waals surface area contributed by atoms with Crippen molar-refractivity contribution in [1.29, 1.82) is 0 Å². The van der Waals surface area contributed by atoms with Crippen LogP contribution in [-0.2, 0) is 9.53 Å². The summed E-state index contributed by atoms with van der Waals surface area (Å²) >= 11 is 0. The highest BCUT2D eigenvalue weighted by atomic mass is 16.5. The number of hydrogen-bond donors (Lipinski definition) is 1. The molecular weight excluding hydrogens is 244 g/mol. The summed E-state index contributed by atoms with van der Waals surface area (Å²) in [6.45, 7) is 5.01. The number of hydrogen-bond acceptors (Lipinski definition) is 4. The molecule has 1 fully saturated rings. The summed E-state index contributed by atoms with van der Waals surface area (Å²) in [5.74, 6) is -0.685. The second kappa shape index (κ2) is 9.28. The lowest BCUT2D eigenvalue weighted by Crippen LogP contribution is -2.26. The number of nitrogens with zero attached hydrogens (tertiary/aromatic N) is 2. The van der Waals surface area contributed by atoms with Gasteiger partial charge in [-0.25, -0.2) is 0 Å². The fourth-order valence-corrected chi connectivity index (χ4v) is 2.33. The van der Waals surface area contributed by atoms with Crippen LogP contribution in [0.25, 0.3) is 0 Å². The Kier molecular flexibility index (Phi) is 8.02. The Morgan fingerprint density at radius 2 is 2.16 bits per heavy atom. The van der Waals surface area contributed by atoms with Crippen molar-refractivity contribution < 1.29 is 14.6 Å². The van der Waals surface area contributed by atoms with Gasteiger partial charge in [0, 0.05) is 26.1 Å². The van der Waals surface area contributed by atoms with Crippen molar-refractivity contribution in [2.24, 2.45) is 0 Å². The van der Waals surface area contributed by atoms with E-state index in [0.717, 1.165) is 58.5 Å². The zero-order valence-electron chi connectivity index (χ0n) is 12.3. The second-order valence-corrected chi connectivity index (χ2v) is 5.59. The van der Waals surface area contributed by atoms with Gasteiger partial charge < -0.3 is 19.6 Å². The van der Waals surface area contributed by atoms with Gasteiger partial charge in [-0.05, 0) is 39.9 Å². The molecule has 0 radical (unpaired) electrons. The van der Waals surface area contributed by atoms with Gasteiger partial charge in [0.2, 0.25) is 0 Å². The van der Waals surface area contributed by atoms with Crippen LogP contribution in [0.5, 0.6) is 0 Å². The Hall–Kier alpha value is -0.650. The fraction of sp³-hybridized carbons (Fsp3) is 0.929. The van der Waals surface area contributed by atoms with Gasteiger partial charge in [-0.2, -0.15) is 0 Å². The number of aliphatic carboxylic acids is 1. The molecule has 5 nitrogen and oxygen atoms in total. The Morgan fingerprint density at radius 3 is 2.84 bits per heavy atom. The van der Waals surface area contributed by atoms with E-state index in [1.807, 2.05) is 0 Å². The molecule has 19 heavy (non-hydrogen) atoms. The van der Waals surface area contributed by atoms with E-state index in [0.29, 0.717) is 12.5 Å². The molecule has 0 aromatic rings. The molecule has 1 unspecified atom stereocenters. The summed E-state index contributed by atoms with van der Waals surface area (Å²) in [4.78, 5) is 14.9. The fourth-order valence-electron chi connectivity index (χ4n) is 2.33. The van der Waals surface area contributed by atoms with Crippen LogP contribution >= 0.6 is 0 Å². The van der Waals surface area contributed by atoms with Crippen LogP contribution in [0, 0.1) is 0 Å². The lowest BCUT2D eigenvalue weighted by molar-refractivity contribution is -0.137. The molecule has 0 saturated carbocycles. The van der Waals surface area contributed by atoms with Crippen LogP contribution in [0.1, 0.15) is 32.1 Å². The summed E-state index contributed by atoms with van der Waals surface area (Å²) in [5, 5.41) is 8.55. The van der Waals surface area contributed by atoms with Crippen LogP contribution in [0.15, 0.2) is 0 Å². The van der Waals surface area contributed by atoms with Crippen molar-refractivity contribution in [3.63, 3.8) is 0 Å². The highest BCUT2D eigenvalue weighted by molar-refractivity contribution is 5.66. The van der Waals surface area contributed by atoms with Crippen molar-refractivity contribution in [1.82, 2.24) is 9.80 Å². The molecule has 0 aliphatic carbocycles. The normalized spacial score (nSPS) is 20.3. The number of rotatable bonds is 10. The third kappa shape index (κ3) is 8.18. The topological polar surface area (TPSA) is 53.0 Å². The molecule has 0 amide bonds. The van der Waals surface area contributed by atoms with Crippen molar-refractivity contribution in [2.75, 3.05) is 46.9 Å². The van der Waals surface area contributed by atoms with Gasteiger partial charge in [0.25, 0.3) is 0 Å². The third-order valence-corrected chi connectivity index (χ3v) is 3.49. The minimum absolute atomic E-state index is 0.302. The zero-order valence-corrected chi connectivity index (χ0v) is 12.3. The standard InChI is InChI=1S/C14H28N2O3/c1-15(2)10-11-19-13-7-9-16(12-13)8-5-3-4-6-14(17)18/h13H,3-12H2,1-2H3,(H,17,18). The minimum Gasteiger partial charge on any atom is -0.481 e. The first kappa shape index (κ1) is 16.4. The largest absolute Gasteiger partial charge is 0.481 e. The van der Waals surface area contributed by atoms with E-state index in [4.69, 9.17) is 9.84 Å². The van der Waals surface area contributed by atoms with Crippen LogP contribution in [0.3, 0.4) is 0 Å². The summed E-state index contributed by atoms with van der Waals surface area (Å²) in [7, 11) is 4.11. The number of ether oxygens (including phenoxy) is 1. The Balaban J connectivity index is 1.97. The Labute approximate surface area is 116 Å². The highest BCUT2D eigenvalue weighted by Crippen LogP contribution is 2.13. The quantitative estimate of drug-likeness (QED) is 0.607. The molecule has 0 aromatic heterocycles. The summed E-state index contributed by atoms with van der Waals surface area (Å²) in [5.41, 5.74) is 0. The van der Waals surface area contributed by atoms with Gasteiger partial charge in [-0.3, -0.25) is 4.79 Å². The molecule has 1 rings (SSSR count). The second-order valence-electron chi connectivity index (χ2n) is 5.59. The van der Waals surface area contributed by atoms with E-state index in [-0.39, 0.29) is 0 Å². The number of carbonyl (C=O) groups is 1. The maximum absolute atomic E-state index is 10.4. The first-order valence-electron chi connectivity index (χ1n) is 7.28. The lowest BCUT2D eigenvalue weighted by Gasteiger charge is -2.17. The molecule has 1 aliphatic rings. The molecular formula is C14H28N2O3. The molecule has 1 saturated heterocycles. The van der Waals surface area contributed by atoms with Crippen molar-refractivity contribution in [3.8, 4) is 0 Å². The average Bonchev–Trinajstić information content (AvgIpc) is 2.76. The number of carboxylic acids is 1. The molecule has 0 aromatic carbocycles. The van der Waals surface area contributed by atoms with E-state index in [9.17, 15) is 4.79 Å². The third-order valence-electron chi connectivity index (χ3n) is 3.49. The van der Waals surface area contributed by atoms with E-state index in [1.165, 1.54) is 0 Å². The number of likely N-dealkylation sites (N-methyl/N-ethyl adjacent to an activating group) is 1. The minimum atomic E-state index is -0.685. The highest BCUT2D eigenvalue weighted by Gasteiger charge is 2.22. The van der Waals surface area contributed by atoms with Crippen LogP contribution in [0.4, 0.5) is 0 Å². The Morgan fingerprint density at radius 1 is 1.37 bits per heavy atom. The number of likely N-dealkylation sites (tertiary alicyclic amines) is 1. The predicted molar refractivity (Wildman–Crippen MR) is 75.5 cm³/mol. The monoisotopic (exact) mass is 272 g/mol. The van der Waals surface area contributed by atoms with Crippen LogP contribution < -0.4 is 0 Å². The molecule has 112 valence electrons. The Bertz CT molecular complexity index is 259. The number of carboxylic acid groups (broad SMARTS) is 1. The average molecular weight is 272 g/mol. The smallest absolute Gasteiger partial charge is 0.303 e. The van der Waals surface area contributed by atoms with E-state index < -0.39 is 5.97 Å². The van der Waals surface area contributed by atoms with E-state index in [1.54, 1.807) is 0 Å². The molecule has 0 bridgehead atoms. The molecule has 0 spiro atoms. The van der Waals surface area contributed by atoms with Gasteiger partial charge in [0.05, 0.1) is 12.7 Å². The van der Waals surface area contributed by atoms with Crippen molar-refractivity contribution in [2.45, 2.75) is 38.2 Å². The first-order chi connectivity index (χ1) is 9.08. The summed E-state index contributed by atoms with van der Waals surface area (Å²) in [6, 6.07) is 0. The van der Waals surface area contributed by atoms with Crippen LogP contribution in [-0.4, -0.2) is 73.9 Å². The molecule has 5 heteroatoms. The summed E-state index contributed by atoms with van der Waals surface area (Å²) < 4.78 is 5.84.